The summed E-state index contributed by atoms with van der Waals surface area (Å²) in [5.74, 6) is -2.02. The van der Waals surface area contributed by atoms with Gasteiger partial charge in [0.15, 0.2) is 5.78 Å². The Labute approximate surface area is 266 Å². The number of carbonyl (C=O) groups is 1. The number of rotatable bonds is 12. The van der Waals surface area contributed by atoms with Crippen molar-refractivity contribution in [3.05, 3.63) is 94.2 Å². The third-order valence-corrected chi connectivity index (χ3v) is 5.37. The summed E-state index contributed by atoms with van der Waals surface area (Å²) in [6.07, 6.45) is -0.357. The number of hydrogen-bond acceptors (Lipinski definition) is 8. The van der Waals surface area contributed by atoms with E-state index >= 15 is 0 Å². The van der Waals surface area contributed by atoms with Crippen molar-refractivity contribution in [2.24, 2.45) is 0 Å². The van der Waals surface area contributed by atoms with Crippen LogP contribution >= 0.6 is 11.6 Å². The van der Waals surface area contributed by atoms with Gasteiger partial charge in [-0.15, -0.1) is 0 Å². The number of halogens is 1. The zero-order chi connectivity index (χ0) is 42.4. The Hall–Kier alpha value is -4.45. The summed E-state index contributed by atoms with van der Waals surface area (Å²) < 4.78 is 135. The fourth-order valence-corrected chi connectivity index (χ4v) is 3.54. The Morgan fingerprint density at radius 1 is 1.29 bits per heavy atom. The number of pyridine rings is 2. The number of allylic oxidation sites excluding steroid dienone is 1. The lowest BCUT2D eigenvalue weighted by Gasteiger charge is -2.16. The number of fused-ring (bicyclic) bond motifs is 1. The molecule has 8 nitrogen and oxygen atoms in total. The van der Waals surface area contributed by atoms with Gasteiger partial charge in [0.1, 0.15) is 24.1 Å². The second-order valence-electron chi connectivity index (χ2n) is 8.27. The van der Waals surface area contributed by atoms with Crippen molar-refractivity contribution in [3.8, 4) is 17.6 Å². The van der Waals surface area contributed by atoms with Crippen molar-refractivity contribution in [3.63, 3.8) is 0 Å². The molecule has 2 aromatic carbocycles. The lowest BCUT2D eigenvalue weighted by atomic mass is 10.0. The second kappa shape index (κ2) is 13.8. The smallest absolute Gasteiger partial charge is 0.159 e. The minimum absolute atomic E-state index is 0.0554. The number of likely N-dealkylation sites (N-methyl/N-ethyl adjacent to an activating group) is 1. The van der Waals surface area contributed by atoms with Crippen molar-refractivity contribution >= 4 is 39.7 Å². The van der Waals surface area contributed by atoms with Crippen LogP contribution in [0.2, 0.25) is 5.02 Å². The van der Waals surface area contributed by atoms with E-state index < -0.39 is 120 Å². The fourth-order valence-electron chi connectivity index (χ4n) is 3.36. The highest BCUT2D eigenvalue weighted by Crippen LogP contribution is 2.36. The van der Waals surface area contributed by atoms with Gasteiger partial charge in [-0.1, -0.05) is 23.7 Å². The van der Waals surface area contributed by atoms with E-state index in [0.717, 1.165) is 11.0 Å². The van der Waals surface area contributed by atoms with Gasteiger partial charge in [-0.2, -0.15) is 5.26 Å². The number of carbonyl (C=O) groups excluding carboxylic acids is 1. The number of hydrogen-bond donors (Lipinski definition) is 1. The number of aryl methyl sites for hydroxylation is 1. The zero-order valence-corrected chi connectivity index (χ0v) is 22.8. The van der Waals surface area contributed by atoms with Gasteiger partial charge in [-0.25, -0.2) is 0 Å². The second-order valence-corrected chi connectivity index (χ2v) is 8.65. The van der Waals surface area contributed by atoms with Crippen LogP contribution in [0.25, 0.3) is 10.9 Å². The third kappa shape index (κ3) is 7.82. The van der Waals surface area contributed by atoms with Crippen LogP contribution in [0.15, 0.2) is 66.6 Å². The Kier molecular flexibility index (Phi) is 5.21. The van der Waals surface area contributed by atoms with Crippen LogP contribution < -0.4 is 14.8 Å². The summed E-state index contributed by atoms with van der Waals surface area (Å²) in [4.78, 5) is 22.1. The SMILES string of the molecule is [2H]/C(=C\CN(C)C([2H])([2H])[2H])C(=O)Cc1c(OCC)c([2H])c2nc([2H])c(C#N)c(Nc3c([2H])c([2H])c(OC([2H])([2H])c4nc(C)c([2H])c([2H])c4[2H])c(Cl)c3[2H])c2c1[2H]. The number of benzene rings is 2. The molecule has 0 unspecified atom stereocenters. The van der Waals surface area contributed by atoms with E-state index in [1.807, 2.05) is 0 Å². The average Bonchev–Trinajstić information content (AvgIpc) is 3.13. The lowest BCUT2D eigenvalue weighted by molar-refractivity contribution is -0.114. The van der Waals surface area contributed by atoms with Gasteiger partial charge in [-0.05, 0) is 70.2 Å². The summed E-state index contributed by atoms with van der Waals surface area (Å²) in [5.41, 5.74) is -3.03. The molecular formula is C32H32ClN5O3. The highest BCUT2D eigenvalue weighted by atomic mass is 35.5. The topological polar surface area (TPSA) is 100 Å². The zero-order valence-electron chi connectivity index (χ0n) is 37.1. The van der Waals surface area contributed by atoms with Crippen LogP contribution in [-0.2, 0) is 17.8 Å². The average molecular weight is 585 g/mol. The van der Waals surface area contributed by atoms with Crippen LogP contribution in [0.4, 0.5) is 11.4 Å². The molecule has 0 fully saturated rings. The van der Waals surface area contributed by atoms with E-state index in [0.29, 0.717) is 0 Å². The lowest BCUT2D eigenvalue weighted by Crippen LogP contribution is -2.11. The summed E-state index contributed by atoms with van der Waals surface area (Å²) in [7, 11) is 1.27. The molecule has 9 heteroatoms. The number of nitriles is 1. The van der Waals surface area contributed by atoms with Crippen molar-refractivity contribution < 1.29 is 34.8 Å². The van der Waals surface area contributed by atoms with E-state index in [9.17, 15) is 10.1 Å². The number of nitrogens with zero attached hydrogens (tertiary/aromatic N) is 4. The molecule has 210 valence electrons. The van der Waals surface area contributed by atoms with Crippen molar-refractivity contribution in [1.29, 1.82) is 5.26 Å². The van der Waals surface area contributed by atoms with E-state index in [1.165, 1.54) is 14.0 Å². The molecule has 0 saturated heterocycles. The van der Waals surface area contributed by atoms with Gasteiger partial charge < -0.3 is 19.7 Å². The third-order valence-electron chi connectivity index (χ3n) is 5.10. The number of ether oxygens (including phenoxy) is 2. The van der Waals surface area contributed by atoms with Crippen LogP contribution in [0.1, 0.15) is 50.0 Å². The standard InChI is InChI=1S/C32H32ClN5O3/c1-5-40-31-17-29-27(15-22(31)14-26(39)10-7-13-38(3)4)32(23(18-34)19-35-29)37-24-11-12-30(28(33)16-24)41-20-25-9-6-8-21(2)36-25/h6-12,15-17,19H,5,13-14,20H2,1-4H3,(H,35,37)/b10-7+/i3D3,6D,8D,9D,10D,11D,12D,15D,16D,17D,19D,20D2. The van der Waals surface area contributed by atoms with E-state index in [4.69, 9.17) is 41.6 Å². The van der Waals surface area contributed by atoms with Crippen molar-refractivity contribution in [1.82, 2.24) is 14.9 Å². The van der Waals surface area contributed by atoms with E-state index in [1.54, 1.807) is 13.0 Å². The van der Waals surface area contributed by atoms with Crippen molar-refractivity contribution in [2.45, 2.75) is 26.8 Å². The molecule has 0 radical (unpaired) electrons. The van der Waals surface area contributed by atoms with Crippen LogP contribution in [0.5, 0.6) is 11.5 Å². The highest BCUT2D eigenvalue weighted by molar-refractivity contribution is 6.32. The van der Waals surface area contributed by atoms with E-state index in [-0.39, 0.29) is 41.1 Å². The van der Waals surface area contributed by atoms with Crippen LogP contribution in [0.3, 0.4) is 0 Å². The highest BCUT2D eigenvalue weighted by Gasteiger charge is 2.16. The largest absolute Gasteiger partial charge is 0.494 e. The van der Waals surface area contributed by atoms with Gasteiger partial charge in [0.25, 0.3) is 0 Å². The molecule has 2 heterocycles. The van der Waals surface area contributed by atoms with Gasteiger partial charge in [0.05, 0.1) is 50.5 Å². The summed E-state index contributed by atoms with van der Waals surface area (Å²) in [6.45, 7) is -3.05. The van der Waals surface area contributed by atoms with Gasteiger partial charge in [0.2, 0.25) is 0 Å². The van der Waals surface area contributed by atoms with Gasteiger partial charge in [0, 0.05) is 51.6 Å². The first-order valence-corrected chi connectivity index (χ1v) is 12.4. The Morgan fingerprint density at radius 3 is 2.93 bits per heavy atom. The molecule has 0 bridgehead atoms. The maximum Gasteiger partial charge on any atom is 0.159 e. The molecule has 1 N–H and O–H groups in total. The van der Waals surface area contributed by atoms with E-state index in [2.05, 4.69) is 15.3 Å². The summed E-state index contributed by atoms with van der Waals surface area (Å²) in [6, 6.07) is -4.32. The Balaban J connectivity index is 1.91. The monoisotopic (exact) mass is 584 g/mol. The van der Waals surface area contributed by atoms with Gasteiger partial charge in [-0.3, -0.25) is 14.8 Å². The Morgan fingerprint density at radius 2 is 2.15 bits per heavy atom. The molecule has 0 aliphatic rings. The summed E-state index contributed by atoms with van der Waals surface area (Å²) in [5, 5.41) is 11.6. The molecule has 0 aliphatic carbocycles. The molecule has 4 rings (SSSR count). The molecule has 2 aromatic heterocycles. The molecule has 0 aliphatic heterocycles. The molecule has 0 atom stereocenters. The van der Waals surface area contributed by atoms with Crippen LogP contribution in [0, 0.1) is 18.3 Å². The van der Waals surface area contributed by atoms with Crippen molar-refractivity contribution in [2.75, 3.05) is 32.5 Å². The predicted molar refractivity (Wildman–Crippen MR) is 162 cm³/mol. The Bertz CT molecular complexity index is 2320. The van der Waals surface area contributed by atoms with Crippen LogP contribution in [-0.4, -0.2) is 47.8 Å². The first-order valence-electron chi connectivity index (χ1n) is 19.5. The first kappa shape index (κ1) is 15.5. The maximum absolute atomic E-state index is 13.3. The number of nitrogens with one attached hydrogen (secondary N) is 1. The predicted octanol–water partition coefficient (Wildman–Crippen LogP) is 6.41. The molecule has 0 amide bonds. The number of aromatic nitrogens is 2. The minimum atomic E-state index is -3.07. The minimum Gasteiger partial charge on any atom is -0.494 e. The molecule has 41 heavy (non-hydrogen) atoms. The fraction of sp³-hybridized carbons (Fsp3) is 0.250. The summed E-state index contributed by atoms with van der Waals surface area (Å²) >= 11 is 6.43. The number of ketones is 1. The number of anilines is 2. The molecule has 0 spiro atoms. The first-order chi connectivity index (χ1) is 25.9. The quantitative estimate of drug-likeness (QED) is 0.191. The molecule has 4 aromatic rings. The van der Waals surface area contributed by atoms with Gasteiger partial charge >= 0.3 is 0 Å². The normalized spacial score (nSPS) is 17.3. The molecular weight excluding hydrogens is 538 g/mol. The maximum atomic E-state index is 13.3. The molecule has 0 saturated carbocycles.